The maximum absolute atomic E-state index is 11.8. The Bertz CT molecular complexity index is 325. The van der Waals surface area contributed by atoms with Gasteiger partial charge in [-0.3, -0.25) is 4.79 Å². The Kier molecular flexibility index (Phi) is 3.33. The van der Waals surface area contributed by atoms with Crippen LogP contribution in [0, 0.1) is 11.8 Å². The van der Waals surface area contributed by atoms with Crippen LogP contribution in [-0.4, -0.2) is 24.0 Å². The summed E-state index contributed by atoms with van der Waals surface area (Å²) < 4.78 is 0. The van der Waals surface area contributed by atoms with E-state index in [1.165, 1.54) is 0 Å². The third-order valence-corrected chi connectivity index (χ3v) is 3.42. The quantitative estimate of drug-likeness (QED) is 0.792. The van der Waals surface area contributed by atoms with Crippen molar-refractivity contribution in [1.82, 2.24) is 15.6 Å². The summed E-state index contributed by atoms with van der Waals surface area (Å²) in [5.74, 6) is 0.685. The van der Waals surface area contributed by atoms with Crippen LogP contribution in [-0.2, 0) is 11.3 Å². The summed E-state index contributed by atoms with van der Waals surface area (Å²) in [4.78, 5) is 15.9. The van der Waals surface area contributed by atoms with E-state index in [0.717, 1.165) is 18.8 Å². The average molecular weight is 225 g/mol. The van der Waals surface area contributed by atoms with Gasteiger partial charge in [-0.2, -0.15) is 0 Å². The minimum absolute atomic E-state index is 0.114. The van der Waals surface area contributed by atoms with Gasteiger partial charge in [-0.1, -0.05) is 6.92 Å². The van der Waals surface area contributed by atoms with Crippen LogP contribution in [0.4, 0.5) is 0 Å². The van der Waals surface area contributed by atoms with Gasteiger partial charge in [0.1, 0.15) is 0 Å². The standard InChI is InChI=1S/C10H15N3OS/c1-7-2-11-4-9(7)10(14)12-3-8-5-15-6-13-8/h5-7,9,11H,2-4H2,1H3,(H,12,14)/t7-,9-/m1/s1. The van der Waals surface area contributed by atoms with Crippen molar-refractivity contribution in [2.24, 2.45) is 11.8 Å². The normalized spacial score (nSPS) is 25.4. The largest absolute Gasteiger partial charge is 0.350 e. The number of hydrogen-bond donors (Lipinski definition) is 2. The fourth-order valence-electron chi connectivity index (χ4n) is 1.79. The van der Waals surface area contributed by atoms with E-state index < -0.39 is 0 Å². The molecular formula is C10H15N3OS. The van der Waals surface area contributed by atoms with E-state index in [1.54, 1.807) is 16.8 Å². The number of amides is 1. The summed E-state index contributed by atoms with van der Waals surface area (Å²) in [6.45, 7) is 4.39. The van der Waals surface area contributed by atoms with Crippen molar-refractivity contribution in [3.8, 4) is 0 Å². The minimum Gasteiger partial charge on any atom is -0.350 e. The number of carbonyl (C=O) groups is 1. The average Bonchev–Trinajstić information content (AvgIpc) is 2.84. The lowest BCUT2D eigenvalue weighted by molar-refractivity contribution is -0.125. The van der Waals surface area contributed by atoms with Gasteiger partial charge in [0, 0.05) is 11.9 Å². The Hall–Kier alpha value is -0.940. The van der Waals surface area contributed by atoms with Crippen LogP contribution < -0.4 is 10.6 Å². The molecule has 82 valence electrons. The molecule has 0 saturated carbocycles. The first-order valence-corrected chi connectivity index (χ1v) is 6.07. The SMILES string of the molecule is C[C@@H]1CNC[C@H]1C(=O)NCc1cscn1. The molecule has 0 aromatic carbocycles. The van der Waals surface area contributed by atoms with Gasteiger partial charge >= 0.3 is 0 Å². The highest BCUT2D eigenvalue weighted by molar-refractivity contribution is 7.07. The summed E-state index contributed by atoms with van der Waals surface area (Å²) in [5, 5.41) is 8.10. The maximum Gasteiger partial charge on any atom is 0.225 e. The Morgan fingerprint density at radius 1 is 1.73 bits per heavy atom. The molecule has 1 aliphatic heterocycles. The number of aromatic nitrogens is 1. The monoisotopic (exact) mass is 225 g/mol. The zero-order valence-corrected chi connectivity index (χ0v) is 9.51. The third-order valence-electron chi connectivity index (χ3n) is 2.78. The molecule has 2 atom stereocenters. The van der Waals surface area contributed by atoms with Gasteiger partial charge in [0.05, 0.1) is 23.7 Å². The van der Waals surface area contributed by atoms with Gasteiger partial charge in [-0.05, 0) is 12.5 Å². The molecule has 2 rings (SSSR count). The molecule has 1 saturated heterocycles. The van der Waals surface area contributed by atoms with Crippen molar-refractivity contribution in [3.05, 3.63) is 16.6 Å². The second-order valence-electron chi connectivity index (χ2n) is 3.94. The summed E-state index contributed by atoms with van der Waals surface area (Å²) in [6.07, 6.45) is 0. The highest BCUT2D eigenvalue weighted by Gasteiger charge is 2.29. The molecule has 2 N–H and O–H groups in total. The zero-order valence-electron chi connectivity index (χ0n) is 8.69. The van der Waals surface area contributed by atoms with Crippen molar-refractivity contribution in [2.45, 2.75) is 13.5 Å². The van der Waals surface area contributed by atoms with Gasteiger partial charge in [0.2, 0.25) is 5.91 Å². The first-order valence-electron chi connectivity index (χ1n) is 5.13. The van der Waals surface area contributed by atoms with Crippen molar-refractivity contribution in [2.75, 3.05) is 13.1 Å². The maximum atomic E-state index is 11.8. The van der Waals surface area contributed by atoms with Crippen molar-refractivity contribution in [3.63, 3.8) is 0 Å². The Morgan fingerprint density at radius 3 is 3.20 bits per heavy atom. The van der Waals surface area contributed by atoms with Crippen molar-refractivity contribution in [1.29, 1.82) is 0 Å². The van der Waals surface area contributed by atoms with Crippen molar-refractivity contribution < 1.29 is 4.79 Å². The topological polar surface area (TPSA) is 54.0 Å². The van der Waals surface area contributed by atoms with Gasteiger partial charge in [-0.15, -0.1) is 11.3 Å². The van der Waals surface area contributed by atoms with Crippen LogP contribution in [0.2, 0.25) is 0 Å². The Labute approximate surface area is 93.1 Å². The van der Waals surface area contributed by atoms with Crippen LogP contribution in [0.3, 0.4) is 0 Å². The fourth-order valence-corrected chi connectivity index (χ4v) is 2.35. The van der Waals surface area contributed by atoms with Gasteiger partial charge in [0.25, 0.3) is 0 Å². The molecule has 0 radical (unpaired) electrons. The first kappa shape index (κ1) is 10.6. The molecule has 0 unspecified atom stereocenters. The Morgan fingerprint density at radius 2 is 2.60 bits per heavy atom. The van der Waals surface area contributed by atoms with Gasteiger partial charge in [-0.25, -0.2) is 4.98 Å². The summed E-state index contributed by atoms with van der Waals surface area (Å²) in [7, 11) is 0. The van der Waals surface area contributed by atoms with E-state index in [4.69, 9.17) is 0 Å². The van der Waals surface area contributed by atoms with Gasteiger partial charge in [0.15, 0.2) is 0 Å². The lowest BCUT2D eigenvalue weighted by Gasteiger charge is -2.13. The molecule has 1 amide bonds. The molecule has 1 aromatic rings. The zero-order chi connectivity index (χ0) is 10.7. The van der Waals surface area contributed by atoms with E-state index in [1.807, 2.05) is 5.38 Å². The van der Waals surface area contributed by atoms with E-state index in [0.29, 0.717) is 12.5 Å². The molecule has 15 heavy (non-hydrogen) atoms. The Balaban J connectivity index is 1.82. The summed E-state index contributed by atoms with van der Waals surface area (Å²) in [5.41, 5.74) is 2.72. The molecule has 1 aromatic heterocycles. The van der Waals surface area contributed by atoms with E-state index in [2.05, 4.69) is 22.5 Å². The predicted octanol–water partition coefficient (Wildman–Crippen LogP) is 0.615. The predicted molar refractivity (Wildman–Crippen MR) is 59.5 cm³/mol. The van der Waals surface area contributed by atoms with E-state index in [9.17, 15) is 4.79 Å². The highest BCUT2D eigenvalue weighted by atomic mass is 32.1. The molecule has 5 heteroatoms. The molecule has 0 spiro atoms. The molecule has 2 heterocycles. The van der Waals surface area contributed by atoms with Gasteiger partial charge < -0.3 is 10.6 Å². The van der Waals surface area contributed by atoms with Crippen LogP contribution in [0.25, 0.3) is 0 Å². The van der Waals surface area contributed by atoms with Crippen LogP contribution in [0.5, 0.6) is 0 Å². The highest BCUT2D eigenvalue weighted by Crippen LogP contribution is 2.15. The number of carbonyl (C=O) groups excluding carboxylic acids is 1. The first-order chi connectivity index (χ1) is 7.27. The number of hydrogen-bond acceptors (Lipinski definition) is 4. The van der Waals surface area contributed by atoms with Crippen LogP contribution in [0.15, 0.2) is 10.9 Å². The van der Waals surface area contributed by atoms with Crippen LogP contribution in [0.1, 0.15) is 12.6 Å². The van der Waals surface area contributed by atoms with Crippen molar-refractivity contribution >= 4 is 17.2 Å². The van der Waals surface area contributed by atoms with E-state index >= 15 is 0 Å². The minimum atomic E-state index is 0.114. The number of rotatable bonds is 3. The second-order valence-corrected chi connectivity index (χ2v) is 4.66. The molecule has 0 bridgehead atoms. The summed E-state index contributed by atoms with van der Waals surface area (Å²) >= 11 is 1.55. The molecule has 0 aliphatic carbocycles. The number of thiazole rings is 1. The molecule has 1 aliphatic rings. The lowest BCUT2D eigenvalue weighted by atomic mass is 9.97. The number of nitrogens with one attached hydrogen (secondary N) is 2. The number of nitrogens with zero attached hydrogens (tertiary/aromatic N) is 1. The smallest absolute Gasteiger partial charge is 0.225 e. The third kappa shape index (κ3) is 2.54. The van der Waals surface area contributed by atoms with E-state index in [-0.39, 0.29) is 11.8 Å². The van der Waals surface area contributed by atoms with Crippen LogP contribution >= 0.6 is 11.3 Å². The lowest BCUT2D eigenvalue weighted by Crippen LogP contribution is -2.33. The molecule has 1 fully saturated rings. The molecule has 4 nitrogen and oxygen atoms in total. The molecular weight excluding hydrogens is 210 g/mol. The summed E-state index contributed by atoms with van der Waals surface area (Å²) in [6, 6.07) is 0. The second kappa shape index (κ2) is 4.72. The fraction of sp³-hybridized carbons (Fsp3) is 0.600.